The Bertz CT molecular complexity index is 1040. The number of nitrogens with zero attached hydrogens (tertiary/aromatic N) is 5. The van der Waals surface area contributed by atoms with Crippen LogP contribution in [0, 0.1) is 6.92 Å². The molecule has 0 unspecified atom stereocenters. The van der Waals surface area contributed by atoms with Crippen molar-refractivity contribution < 1.29 is 14.4 Å². The number of aryl methyl sites for hydroxylation is 1. The fraction of sp³-hybridized carbons (Fsp3) is 0.176. The van der Waals surface area contributed by atoms with Crippen LogP contribution in [0.5, 0.6) is 0 Å². The SMILES string of the molecule is Cc1ccnc2nc(NC(=O)[C@H](C)N3C(=O)c4ccccc4C3=O)nn12. The van der Waals surface area contributed by atoms with Gasteiger partial charge in [0.1, 0.15) is 6.04 Å². The lowest BCUT2D eigenvalue weighted by atomic mass is 10.1. The Balaban J connectivity index is 1.57. The first-order valence-electron chi connectivity index (χ1n) is 7.93. The molecule has 130 valence electrons. The number of fused-ring (bicyclic) bond motifs is 2. The molecule has 3 aromatic rings. The highest BCUT2D eigenvalue weighted by atomic mass is 16.2. The molecule has 0 saturated carbocycles. The van der Waals surface area contributed by atoms with Gasteiger partial charge in [-0.05, 0) is 32.0 Å². The Labute approximate surface area is 147 Å². The molecule has 4 rings (SSSR count). The van der Waals surface area contributed by atoms with E-state index in [2.05, 4.69) is 20.4 Å². The van der Waals surface area contributed by atoms with Gasteiger partial charge in [-0.3, -0.25) is 24.6 Å². The summed E-state index contributed by atoms with van der Waals surface area (Å²) < 4.78 is 1.49. The van der Waals surface area contributed by atoms with Crippen LogP contribution in [0.1, 0.15) is 33.3 Å². The molecule has 1 atom stereocenters. The number of carbonyl (C=O) groups excluding carboxylic acids is 3. The molecule has 0 radical (unpaired) electrons. The van der Waals surface area contributed by atoms with E-state index in [4.69, 9.17) is 0 Å². The Kier molecular flexibility index (Phi) is 3.50. The smallest absolute Gasteiger partial charge is 0.262 e. The van der Waals surface area contributed by atoms with E-state index in [-0.39, 0.29) is 5.95 Å². The average Bonchev–Trinajstić information content (AvgIpc) is 3.15. The molecule has 26 heavy (non-hydrogen) atoms. The number of hydrogen-bond donors (Lipinski definition) is 1. The summed E-state index contributed by atoms with van der Waals surface area (Å²) in [6.07, 6.45) is 1.59. The van der Waals surface area contributed by atoms with Crippen LogP contribution in [0.3, 0.4) is 0 Å². The van der Waals surface area contributed by atoms with Crippen LogP contribution in [0.15, 0.2) is 36.5 Å². The van der Waals surface area contributed by atoms with Crippen molar-refractivity contribution in [1.82, 2.24) is 24.5 Å². The van der Waals surface area contributed by atoms with Gasteiger partial charge in [-0.1, -0.05) is 12.1 Å². The van der Waals surface area contributed by atoms with Gasteiger partial charge in [-0.25, -0.2) is 4.98 Å². The maximum atomic E-state index is 12.5. The highest BCUT2D eigenvalue weighted by molar-refractivity contribution is 6.23. The standard InChI is InChI=1S/C17H14N6O3/c1-9-7-8-18-17-20-16(21-23(9)17)19-13(24)10(2)22-14(25)11-5-3-4-6-12(11)15(22)26/h3-8,10H,1-2H3,(H,19,21,24)/t10-/m0/s1. The summed E-state index contributed by atoms with van der Waals surface area (Å²) in [4.78, 5) is 46.6. The van der Waals surface area contributed by atoms with Crippen molar-refractivity contribution >= 4 is 29.4 Å². The van der Waals surface area contributed by atoms with Gasteiger partial charge in [0, 0.05) is 11.9 Å². The van der Waals surface area contributed by atoms with Crippen molar-refractivity contribution in [2.24, 2.45) is 0 Å². The van der Waals surface area contributed by atoms with Crippen molar-refractivity contribution in [3.05, 3.63) is 53.3 Å². The van der Waals surface area contributed by atoms with E-state index in [1.165, 1.54) is 11.4 Å². The quantitative estimate of drug-likeness (QED) is 0.707. The number of hydrogen-bond acceptors (Lipinski definition) is 6. The summed E-state index contributed by atoms with van der Waals surface area (Å²) in [5.74, 6) is -1.15. The van der Waals surface area contributed by atoms with Crippen LogP contribution in [0.2, 0.25) is 0 Å². The van der Waals surface area contributed by atoms with Gasteiger partial charge in [0.25, 0.3) is 23.5 Å². The molecule has 1 aliphatic rings. The van der Waals surface area contributed by atoms with E-state index in [0.717, 1.165) is 10.6 Å². The second-order valence-corrected chi connectivity index (χ2v) is 5.92. The topological polar surface area (TPSA) is 110 Å². The summed E-state index contributed by atoms with van der Waals surface area (Å²) in [5, 5.41) is 6.70. The van der Waals surface area contributed by atoms with Crippen molar-refractivity contribution in [3.8, 4) is 0 Å². The summed E-state index contributed by atoms with van der Waals surface area (Å²) in [5.41, 5.74) is 1.39. The molecule has 2 aromatic heterocycles. The zero-order valence-corrected chi connectivity index (χ0v) is 14.0. The minimum absolute atomic E-state index is 0.0558. The van der Waals surface area contributed by atoms with Crippen molar-refractivity contribution in [3.63, 3.8) is 0 Å². The molecule has 1 N–H and O–H groups in total. The summed E-state index contributed by atoms with van der Waals surface area (Å²) in [6.45, 7) is 3.31. The van der Waals surface area contributed by atoms with Crippen LogP contribution in [0.4, 0.5) is 5.95 Å². The summed E-state index contributed by atoms with van der Waals surface area (Å²) in [6, 6.07) is 7.23. The summed E-state index contributed by atoms with van der Waals surface area (Å²) in [7, 11) is 0. The third-order valence-electron chi connectivity index (χ3n) is 4.26. The van der Waals surface area contributed by atoms with Gasteiger partial charge in [0.15, 0.2) is 0 Å². The maximum Gasteiger partial charge on any atom is 0.262 e. The monoisotopic (exact) mass is 350 g/mol. The van der Waals surface area contributed by atoms with E-state index >= 15 is 0 Å². The highest BCUT2D eigenvalue weighted by Crippen LogP contribution is 2.24. The van der Waals surface area contributed by atoms with Gasteiger partial charge in [0.05, 0.1) is 11.1 Å². The minimum atomic E-state index is -1.01. The normalized spacial score (nSPS) is 14.6. The number of benzene rings is 1. The Morgan fingerprint density at radius 1 is 1.12 bits per heavy atom. The molecule has 0 saturated heterocycles. The summed E-state index contributed by atoms with van der Waals surface area (Å²) >= 11 is 0. The minimum Gasteiger partial charge on any atom is -0.291 e. The van der Waals surface area contributed by atoms with Gasteiger partial charge in [-0.15, -0.1) is 5.10 Å². The average molecular weight is 350 g/mol. The number of amides is 3. The third kappa shape index (κ3) is 2.32. The molecule has 0 bridgehead atoms. The van der Waals surface area contributed by atoms with Gasteiger partial charge in [0.2, 0.25) is 5.91 Å². The third-order valence-corrected chi connectivity index (χ3v) is 4.26. The first-order valence-corrected chi connectivity index (χ1v) is 7.93. The zero-order chi connectivity index (χ0) is 18.4. The first-order chi connectivity index (χ1) is 12.5. The second kappa shape index (κ2) is 5.73. The van der Waals surface area contributed by atoms with E-state index in [1.807, 2.05) is 6.92 Å². The molecule has 1 aromatic carbocycles. The lowest BCUT2D eigenvalue weighted by molar-refractivity contribution is -0.119. The number of carbonyl (C=O) groups is 3. The lowest BCUT2D eigenvalue weighted by Gasteiger charge is -2.20. The predicted octanol–water partition coefficient (Wildman–Crippen LogP) is 1.06. The van der Waals surface area contributed by atoms with E-state index in [0.29, 0.717) is 16.9 Å². The molecule has 3 amide bonds. The van der Waals surface area contributed by atoms with Crippen molar-refractivity contribution in [2.75, 3.05) is 5.32 Å². The maximum absolute atomic E-state index is 12.5. The Morgan fingerprint density at radius 3 is 2.38 bits per heavy atom. The van der Waals surface area contributed by atoms with Crippen LogP contribution >= 0.6 is 0 Å². The van der Waals surface area contributed by atoms with Gasteiger partial charge in [-0.2, -0.15) is 9.50 Å². The molecule has 0 aliphatic carbocycles. The second-order valence-electron chi connectivity index (χ2n) is 5.92. The van der Waals surface area contributed by atoms with Gasteiger partial charge >= 0.3 is 0 Å². The van der Waals surface area contributed by atoms with E-state index in [9.17, 15) is 14.4 Å². The van der Waals surface area contributed by atoms with E-state index in [1.54, 1.807) is 36.5 Å². The Hall–Kier alpha value is -3.62. The number of aromatic nitrogens is 4. The van der Waals surface area contributed by atoms with Crippen LogP contribution in [0.25, 0.3) is 5.78 Å². The van der Waals surface area contributed by atoms with Crippen LogP contribution in [-0.4, -0.2) is 48.2 Å². The first kappa shape index (κ1) is 15.9. The molecule has 0 fully saturated rings. The van der Waals surface area contributed by atoms with Crippen molar-refractivity contribution in [1.29, 1.82) is 0 Å². The predicted molar refractivity (Wildman–Crippen MR) is 90.6 cm³/mol. The number of nitrogens with one attached hydrogen (secondary N) is 1. The number of rotatable bonds is 3. The molecule has 0 spiro atoms. The molecule has 3 heterocycles. The fourth-order valence-corrected chi connectivity index (χ4v) is 2.85. The van der Waals surface area contributed by atoms with Crippen LogP contribution in [-0.2, 0) is 4.79 Å². The largest absolute Gasteiger partial charge is 0.291 e. The highest BCUT2D eigenvalue weighted by Gasteiger charge is 2.40. The molecule has 9 nitrogen and oxygen atoms in total. The zero-order valence-electron chi connectivity index (χ0n) is 14.0. The van der Waals surface area contributed by atoms with Crippen LogP contribution < -0.4 is 5.32 Å². The fourth-order valence-electron chi connectivity index (χ4n) is 2.85. The lowest BCUT2D eigenvalue weighted by Crippen LogP contribution is -2.45. The number of imide groups is 1. The van der Waals surface area contributed by atoms with Crippen molar-refractivity contribution in [2.45, 2.75) is 19.9 Å². The molecule has 1 aliphatic heterocycles. The number of anilines is 1. The molecule has 9 heteroatoms. The molecular weight excluding hydrogens is 336 g/mol. The van der Waals surface area contributed by atoms with Gasteiger partial charge < -0.3 is 0 Å². The van der Waals surface area contributed by atoms with E-state index < -0.39 is 23.8 Å². The molecular formula is C17H14N6O3. The Morgan fingerprint density at radius 2 is 1.77 bits per heavy atom.